The van der Waals surface area contributed by atoms with Crippen molar-refractivity contribution < 1.29 is 4.79 Å². The Morgan fingerprint density at radius 2 is 1.81 bits per heavy atom. The maximum atomic E-state index is 11.7. The number of rotatable bonds is 1. The molecule has 3 N–H and O–H groups in total. The summed E-state index contributed by atoms with van der Waals surface area (Å²) in [6.07, 6.45) is 6.47. The number of carbonyl (C=O) groups excluding carboxylic acids is 1. The molecule has 1 aromatic rings. The molecule has 0 saturated carbocycles. The summed E-state index contributed by atoms with van der Waals surface area (Å²) in [5.74, 6) is 0.361. The molecule has 1 fully saturated rings. The minimum absolute atomic E-state index is 0.165. The normalized spacial score (nSPS) is 21.1. The highest BCUT2D eigenvalue weighted by Crippen LogP contribution is 2.24. The minimum atomic E-state index is 0.165. The van der Waals surface area contributed by atoms with Gasteiger partial charge in [-0.3, -0.25) is 4.79 Å². The van der Waals surface area contributed by atoms with Crippen LogP contribution in [0.15, 0.2) is 55.8 Å². The van der Waals surface area contributed by atoms with Crippen LogP contribution in [0.25, 0.3) is 0 Å². The molecule has 0 bridgehead atoms. The van der Waals surface area contributed by atoms with Crippen molar-refractivity contribution in [2.24, 2.45) is 11.7 Å². The number of allylic oxidation sites excluding steroid dienone is 1. The summed E-state index contributed by atoms with van der Waals surface area (Å²) < 4.78 is 0. The number of hydrogen-bond acceptors (Lipinski definition) is 2. The Hall–Kier alpha value is -2.03. The first-order chi connectivity index (χ1) is 10.2. The van der Waals surface area contributed by atoms with Gasteiger partial charge >= 0.3 is 0 Å². The lowest BCUT2D eigenvalue weighted by atomic mass is 10.0. The third kappa shape index (κ3) is 7.35. The van der Waals surface area contributed by atoms with E-state index in [4.69, 9.17) is 5.73 Å². The van der Waals surface area contributed by atoms with Crippen LogP contribution in [0.5, 0.6) is 0 Å². The number of carbonyl (C=O) groups is 1. The van der Waals surface area contributed by atoms with Crippen molar-refractivity contribution in [3.05, 3.63) is 61.3 Å². The molecule has 0 aromatic heterocycles. The predicted octanol–water partition coefficient (Wildman–Crippen LogP) is 3.94. The lowest BCUT2D eigenvalue weighted by molar-refractivity contribution is -0.124. The predicted molar refractivity (Wildman–Crippen MR) is 90.6 cm³/mol. The van der Waals surface area contributed by atoms with E-state index in [2.05, 4.69) is 30.6 Å². The minimum Gasteiger partial charge on any atom is -0.405 e. The molecule has 1 amide bonds. The van der Waals surface area contributed by atoms with Crippen molar-refractivity contribution in [3.63, 3.8) is 0 Å². The van der Waals surface area contributed by atoms with Gasteiger partial charge in [0.15, 0.2) is 0 Å². The highest BCUT2D eigenvalue weighted by molar-refractivity contribution is 5.79. The fourth-order valence-electron chi connectivity index (χ4n) is 2.08. The lowest BCUT2D eigenvalue weighted by Gasteiger charge is -2.16. The van der Waals surface area contributed by atoms with Gasteiger partial charge in [-0.1, -0.05) is 49.8 Å². The largest absolute Gasteiger partial charge is 0.405 e. The third-order valence-corrected chi connectivity index (χ3v) is 3.29. The summed E-state index contributed by atoms with van der Waals surface area (Å²) in [6.45, 7) is 9.88. The topological polar surface area (TPSA) is 55.1 Å². The molecular formula is C18H28N2O. The van der Waals surface area contributed by atoms with Crippen molar-refractivity contribution in [1.82, 2.24) is 5.32 Å². The van der Waals surface area contributed by atoms with Crippen LogP contribution < -0.4 is 11.1 Å². The highest BCUT2D eigenvalue weighted by atomic mass is 16.1. The number of benzene rings is 1. The first-order valence-corrected chi connectivity index (χ1v) is 7.37. The second-order valence-corrected chi connectivity index (χ2v) is 4.83. The van der Waals surface area contributed by atoms with Crippen molar-refractivity contribution in [2.75, 3.05) is 0 Å². The van der Waals surface area contributed by atoms with E-state index in [-0.39, 0.29) is 17.9 Å². The average molecular weight is 288 g/mol. The van der Waals surface area contributed by atoms with Crippen LogP contribution in [0.3, 0.4) is 0 Å². The van der Waals surface area contributed by atoms with Crippen LogP contribution in [0.2, 0.25) is 0 Å². The zero-order valence-electron chi connectivity index (χ0n) is 13.2. The van der Waals surface area contributed by atoms with E-state index in [1.54, 1.807) is 6.08 Å². The molecule has 0 spiro atoms. The van der Waals surface area contributed by atoms with E-state index >= 15 is 0 Å². The van der Waals surface area contributed by atoms with Gasteiger partial charge in [-0.05, 0) is 31.5 Å². The Kier molecular flexibility index (Phi) is 10.6. The van der Waals surface area contributed by atoms with E-state index in [0.29, 0.717) is 0 Å². The summed E-state index contributed by atoms with van der Waals surface area (Å²) in [5, 5.41) is 3.11. The SMILES string of the molecule is C/C=C\N.C=C.CC1CCCC(c2ccccc2)NC1=O. The summed E-state index contributed by atoms with van der Waals surface area (Å²) >= 11 is 0. The third-order valence-electron chi connectivity index (χ3n) is 3.29. The number of nitrogens with one attached hydrogen (secondary N) is 1. The fraction of sp³-hybridized carbons (Fsp3) is 0.389. The molecule has 2 atom stereocenters. The van der Waals surface area contributed by atoms with Gasteiger partial charge in [0, 0.05) is 5.92 Å². The van der Waals surface area contributed by atoms with E-state index < -0.39 is 0 Å². The molecule has 3 nitrogen and oxygen atoms in total. The fourth-order valence-corrected chi connectivity index (χ4v) is 2.08. The van der Waals surface area contributed by atoms with Crippen LogP contribution in [0.1, 0.15) is 44.7 Å². The van der Waals surface area contributed by atoms with Gasteiger partial charge in [-0.2, -0.15) is 0 Å². The second-order valence-electron chi connectivity index (χ2n) is 4.83. The van der Waals surface area contributed by atoms with Crippen molar-refractivity contribution >= 4 is 5.91 Å². The first kappa shape index (κ1) is 19.0. The Bertz CT molecular complexity index is 410. The zero-order chi connectivity index (χ0) is 16.1. The molecule has 1 aromatic carbocycles. The van der Waals surface area contributed by atoms with E-state index in [1.165, 1.54) is 11.8 Å². The highest BCUT2D eigenvalue weighted by Gasteiger charge is 2.22. The van der Waals surface area contributed by atoms with Crippen LogP contribution in [-0.4, -0.2) is 5.91 Å². The van der Waals surface area contributed by atoms with Gasteiger partial charge in [0.1, 0.15) is 0 Å². The van der Waals surface area contributed by atoms with Gasteiger partial charge in [-0.25, -0.2) is 0 Å². The standard InChI is InChI=1S/C13H17NO.C3H7N.C2H4/c1-10-6-5-9-12(14-13(10)15)11-7-3-2-4-8-11;1-2-3-4;1-2/h2-4,7-8,10,12H,5-6,9H2,1H3,(H,14,15);2-3H,4H2,1H3;1-2H2/b;3-2-;. The first-order valence-electron chi connectivity index (χ1n) is 7.37. The molecule has 1 saturated heterocycles. The molecule has 2 rings (SSSR count). The van der Waals surface area contributed by atoms with E-state index in [1.807, 2.05) is 32.0 Å². The molecule has 0 radical (unpaired) electrons. The summed E-state index contributed by atoms with van der Waals surface area (Å²) in [7, 11) is 0. The summed E-state index contributed by atoms with van der Waals surface area (Å²) in [6, 6.07) is 10.4. The van der Waals surface area contributed by atoms with Crippen LogP contribution in [-0.2, 0) is 4.79 Å². The Labute approximate surface area is 128 Å². The smallest absolute Gasteiger partial charge is 0.223 e. The molecule has 1 aliphatic rings. The van der Waals surface area contributed by atoms with E-state index in [0.717, 1.165) is 19.3 Å². The number of hydrogen-bond donors (Lipinski definition) is 2. The van der Waals surface area contributed by atoms with Gasteiger partial charge in [0.05, 0.1) is 6.04 Å². The van der Waals surface area contributed by atoms with Gasteiger partial charge < -0.3 is 11.1 Å². The number of nitrogens with two attached hydrogens (primary N) is 1. The van der Waals surface area contributed by atoms with Gasteiger partial charge in [0.2, 0.25) is 5.91 Å². The Morgan fingerprint density at radius 1 is 1.24 bits per heavy atom. The molecule has 1 aliphatic heterocycles. The molecule has 1 heterocycles. The molecular weight excluding hydrogens is 260 g/mol. The van der Waals surface area contributed by atoms with Gasteiger partial charge in [-0.15, -0.1) is 13.2 Å². The second kappa shape index (κ2) is 11.8. The molecule has 0 aliphatic carbocycles. The van der Waals surface area contributed by atoms with Crippen LogP contribution >= 0.6 is 0 Å². The molecule has 3 heteroatoms. The summed E-state index contributed by atoms with van der Waals surface area (Å²) in [4.78, 5) is 11.7. The molecule has 2 unspecified atom stereocenters. The zero-order valence-corrected chi connectivity index (χ0v) is 13.2. The van der Waals surface area contributed by atoms with Gasteiger partial charge in [0.25, 0.3) is 0 Å². The molecule has 21 heavy (non-hydrogen) atoms. The van der Waals surface area contributed by atoms with Crippen LogP contribution in [0, 0.1) is 5.92 Å². The summed E-state index contributed by atoms with van der Waals surface area (Å²) in [5.41, 5.74) is 6.07. The van der Waals surface area contributed by atoms with Crippen molar-refractivity contribution in [2.45, 2.75) is 39.2 Å². The van der Waals surface area contributed by atoms with Crippen molar-refractivity contribution in [1.29, 1.82) is 0 Å². The Morgan fingerprint density at radius 3 is 2.33 bits per heavy atom. The van der Waals surface area contributed by atoms with Crippen LogP contribution in [0.4, 0.5) is 0 Å². The molecule has 116 valence electrons. The maximum absolute atomic E-state index is 11.7. The number of amides is 1. The monoisotopic (exact) mass is 288 g/mol. The quantitative estimate of drug-likeness (QED) is 0.769. The maximum Gasteiger partial charge on any atom is 0.223 e. The lowest BCUT2D eigenvalue weighted by Crippen LogP contribution is -2.30. The average Bonchev–Trinajstić information content (AvgIpc) is 2.72. The van der Waals surface area contributed by atoms with Crippen molar-refractivity contribution in [3.8, 4) is 0 Å². The van der Waals surface area contributed by atoms with E-state index in [9.17, 15) is 4.79 Å². The Balaban J connectivity index is 0.000000579.